The molecule has 1 aliphatic heterocycles. The number of fused-ring (bicyclic) bond motifs is 3. The average Bonchev–Trinajstić information content (AvgIpc) is 2.97. The molecule has 0 saturated carbocycles. The first-order valence-electron chi connectivity index (χ1n) is 6.58. The number of benzene rings is 2. The van der Waals surface area contributed by atoms with Gasteiger partial charge < -0.3 is 9.84 Å². The van der Waals surface area contributed by atoms with Gasteiger partial charge in [0, 0.05) is 11.5 Å². The first kappa shape index (κ1) is 13.5. The second-order valence-corrected chi connectivity index (χ2v) is 5.99. The van der Waals surface area contributed by atoms with Crippen LogP contribution < -0.4 is 4.74 Å². The van der Waals surface area contributed by atoms with E-state index in [0.717, 1.165) is 33.9 Å². The van der Waals surface area contributed by atoms with Crippen molar-refractivity contribution in [2.24, 2.45) is 0 Å². The monoisotopic (exact) mass is 332 g/mol. The molecule has 0 radical (unpaired) electrons. The van der Waals surface area contributed by atoms with Gasteiger partial charge in [0.25, 0.3) is 0 Å². The Morgan fingerprint density at radius 3 is 2.95 bits per heavy atom. The highest BCUT2D eigenvalue weighted by Gasteiger charge is 2.31. The predicted octanol–water partition coefficient (Wildman–Crippen LogP) is 3.49. The minimum absolute atomic E-state index is 0.0116. The van der Waals surface area contributed by atoms with Crippen LogP contribution in [0.2, 0.25) is 5.02 Å². The maximum Gasteiger partial charge on any atom is 0.312 e. The molecule has 4 rings (SSSR count). The van der Waals surface area contributed by atoms with Crippen LogP contribution in [0.1, 0.15) is 23.5 Å². The normalized spacial score (nSPS) is 17.3. The number of carbonyl (C=O) groups excluding carboxylic acids is 1. The van der Waals surface area contributed by atoms with Gasteiger partial charge in [-0.1, -0.05) is 17.7 Å². The van der Waals surface area contributed by atoms with E-state index in [2.05, 4.69) is 8.75 Å². The number of rotatable bonds is 1. The molecular weight excluding hydrogens is 324 g/mol. The van der Waals surface area contributed by atoms with Crippen LogP contribution in [0.25, 0.3) is 11.0 Å². The second kappa shape index (κ2) is 4.93. The largest absolute Gasteiger partial charge is 0.506 e. The number of phenols is 1. The molecule has 0 spiro atoms. The number of phenolic OH excluding ortho intramolecular Hbond substituents is 1. The van der Waals surface area contributed by atoms with Gasteiger partial charge in [-0.25, -0.2) is 0 Å². The van der Waals surface area contributed by atoms with Gasteiger partial charge in [0.15, 0.2) is 0 Å². The standard InChI is InChI=1S/C15H9ClN2O3S/c16-9-5-7(1-3-11(9)19)8-6-13(20)21-12-4-2-10-15(14(8)12)18-22-17-10/h1-5,8,19H,6H2/t8-/m1/s1. The smallest absolute Gasteiger partial charge is 0.312 e. The Morgan fingerprint density at radius 1 is 1.27 bits per heavy atom. The van der Waals surface area contributed by atoms with E-state index in [0.29, 0.717) is 5.75 Å². The molecule has 3 aromatic rings. The lowest BCUT2D eigenvalue weighted by Gasteiger charge is -2.25. The topological polar surface area (TPSA) is 72.3 Å². The molecule has 1 aromatic heterocycles. The molecule has 22 heavy (non-hydrogen) atoms. The van der Waals surface area contributed by atoms with Crippen LogP contribution in [0.4, 0.5) is 0 Å². The van der Waals surface area contributed by atoms with Crippen LogP contribution in [-0.4, -0.2) is 19.8 Å². The summed E-state index contributed by atoms with van der Waals surface area (Å²) in [5.41, 5.74) is 3.19. The third-order valence-corrected chi connectivity index (χ3v) is 4.59. The van der Waals surface area contributed by atoms with Crippen LogP contribution in [0.5, 0.6) is 11.5 Å². The van der Waals surface area contributed by atoms with Gasteiger partial charge in [0.05, 0.1) is 23.2 Å². The molecule has 2 aromatic carbocycles. The summed E-state index contributed by atoms with van der Waals surface area (Å²) in [5.74, 6) is -0.00519. The van der Waals surface area contributed by atoms with Crippen molar-refractivity contribution in [1.82, 2.24) is 8.75 Å². The molecule has 1 N–H and O–H groups in total. The second-order valence-electron chi connectivity index (χ2n) is 5.05. The molecule has 0 fully saturated rings. The van der Waals surface area contributed by atoms with Gasteiger partial charge in [0.2, 0.25) is 0 Å². The van der Waals surface area contributed by atoms with Crippen molar-refractivity contribution >= 4 is 40.3 Å². The molecule has 0 amide bonds. The summed E-state index contributed by atoms with van der Waals surface area (Å²) in [6, 6.07) is 8.48. The number of halogens is 1. The minimum atomic E-state index is -0.302. The van der Waals surface area contributed by atoms with Gasteiger partial charge >= 0.3 is 5.97 Å². The predicted molar refractivity (Wildman–Crippen MR) is 82.6 cm³/mol. The van der Waals surface area contributed by atoms with Crippen molar-refractivity contribution in [3.63, 3.8) is 0 Å². The van der Waals surface area contributed by atoms with Gasteiger partial charge in [0.1, 0.15) is 22.5 Å². The molecule has 7 heteroatoms. The molecule has 0 unspecified atom stereocenters. The Hall–Kier alpha value is -2.18. The molecule has 1 aliphatic rings. The van der Waals surface area contributed by atoms with Crippen molar-refractivity contribution < 1.29 is 14.6 Å². The Bertz CT molecular complexity index is 909. The summed E-state index contributed by atoms with van der Waals surface area (Å²) >= 11 is 7.12. The third-order valence-electron chi connectivity index (χ3n) is 3.74. The number of ether oxygens (including phenoxy) is 1. The Morgan fingerprint density at radius 2 is 2.14 bits per heavy atom. The minimum Gasteiger partial charge on any atom is -0.506 e. The Balaban J connectivity index is 1.95. The van der Waals surface area contributed by atoms with Crippen molar-refractivity contribution in [2.45, 2.75) is 12.3 Å². The van der Waals surface area contributed by atoms with E-state index in [1.807, 2.05) is 0 Å². The van der Waals surface area contributed by atoms with E-state index in [-0.39, 0.29) is 29.1 Å². The Kier molecular flexibility index (Phi) is 3.02. The Labute approximate surface area is 134 Å². The van der Waals surface area contributed by atoms with Gasteiger partial charge in [-0.15, -0.1) is 0 Å². The fourth-order valence-corrected chi connectivity index (χ4v) is 3.47. The molecule has 0 bridgehead atoms. The molecule has 1 atom stereocenters. The summed E-state index contributed by atoms with van der Waals surface area (Å²) in [4.78, 5) is 11.9. The lowest BCUT2D eigenvalue weighted by molar-refractivity contribution is -0.135. The van der Waals surface area contributed by atoms with E-state index < -0.39 is 0 Å². The van der Waals surface area contributed by atoms with Crippen LogP contribution in [0.3, 0.4) is 0 Å². The third kappa shape index (κ3) is 2.03. The van der Waals surface area contributed by atoms with Crippen molar-refractivity contribution in [1.29, 1.82) is 0 Å². The maximum atomic E-state index is 11.9. The number of aromatic hydroxyl groups is 1. The van der Waals surface area contributed by atoms with Crippen molar-refractivity contribution in [3.05, 3.63) is 46.5 Å². The van der Waals surface area contributed by atoms with Gasteiger partial charge in [-0.05, 0) is 29.8 Å². The van der Waals surface area contributed by atoms with Crippen molar-refractivity contribution in [3.8, 4) is 11.5 Å². The quantitative estimate of drug-likeness (QED) is 0.545. The summed E-state index contributed by atoms with van der Waals surface area (Å²) in [6.07, 6.45) is 0.199. The number of hydrogen-bond acceptors (Lipinski definition) is 6. The van der Waals surface area contributed by atoms with Crippen LogP contribution in [0, 0.1) is 0 Å². The lowest BCUT2D eigenvalue weighted by Crippen LogP contribution is -2.21. The van der Waals surface area contributed by atoms with E-state index >= 15 is 0 Å². The fraction of sp³-hybridized carbons (Fsp3) is 0.133. The molecule has 2 heterocycles. The highest BCUT2D eigenvalue weighted by Crippen LogP contribution is 2.43. The van der Waals surface area contributed by atoms with Crippen LogP contribution in [-0.2, 0) is 4.79 Å². The zero-order valence-corrected chi connectivity index (χ0v) is 12.7. The first-order chi connectivity index (χ1) is 10.6. The van der Waals surface area contributed by atoms with Gasteiger partial charge in [-0.3, -0.25) is 4.79 Å². The summed E-state index contributed by atoms with van der Waals surface area (Å²) in [7, 11) is 0. The number of aromatic nitrogens is 2. The van der Waals surface area contributed by atoms with E-state index in [9.17, 15) is 9.90 Å². The first-order valence-corrected chi connectivity index (χ1v) is 7.68. The molecule has 0 saturated heterocycles. The van der Waals surface area contributed by atoms with Crippen LogP contribution in [0.15, 0.2) is 30.3 Å². The number of hydrogen-bond donors (Lipinski definition) is 1. The van der Waals surface area contributed by atoms with Crippen molar-refractivity contribution in [2.75, 3.05) is 0 Å². The number of nitrogens with zero attached hydrogens (tertiary/aromatic N) is 2. The molecule has 5 nitrogen and oxygen atoms in total. The fourth-order valence-electron chi connectivity index (χ4n) is 2.74. The number of carbonyl (C=O) groups is 1. The average molecular weight is 333 g/mol. The highest BCUT2D eigenvalue weighted by molar-refractivity contribution is 7.00. The van der Waals surface area contributed by atoms with Crippen LogP contribution >= 0.6 is 23.3 Å². The molecule has 0 aliphatic carbocycles. The highest BCUT2D eigenvalue weighted by atomic mass is 35.5. The maximum absolute atomic E-state index is 11.9. The van der Waals surface area contributed by atoms with E-state index in [1.165, 1.54) is 6.07 Å². The summed E-state index contributed by atoms with van der Waals surface area (Å²) < 4.78 is 13.9. The SMILES string of the molecule is O=C1C[C@H](c2ccc(O)c(Cl)c2)c2c(ccc3nsnc23)O1. The molecular formula is C15H9ClN2O3S. The summed E-state index contributed by atoms with van der Waals surface area (Å²) in [5, 5.41) is 9.84. The number of esters is 1. The summed E-state index contributed by atoms with van der Waals surface area (Å²) in [6.45, 7) is 0. The zero-order valence-electron chi connectivity index (χ0n) is 11.1. The lowest BCUT2D eigenvalue weighted by atomic mass is 9.85. The van der Waals surface area contributed by atoms with Gasteiger partial charge in [-0.2, -0.15) is 8.75 Å². The molecule has 110 valence electrons. The van der Waals surface area contributed by atoms with E-state index in [1.54, 1.807) is 24.3 Å². The zero-order chi connectivity index (χ0) is 15.3. The van der Waals surface area contributed by atoms with E-state index in [4.69, 9.17) is 16.3 Å².